The van der Waals surface area contributed by atoms with E-state index in [1.54, 1.807) is 20.4 Å². The molecule has 0 aliphatic carbocycles. The maximum absolute atomic E-state index is 5.26. The number of rotatable bonds is 3. The zero-order valence-electron chi connectivity index (χ0n) is 8.50. The van der Waals surface area contributed by atoms with E-state index in [1.165, 1.54) is 0 Å². The lowest BCUT2D eigenvalue weighted by molar-refractivity contribution is 0.348. The third kappa shape index (κ3) is 1.91. The smallest absolute Gasteiger partial charge is 0.179 e. The highest BCUT2D eigenvalue weighted by Gasteiger charge is 2.12. The van der Waals surface area contributed by atoms with E-state index in [0.29, 0.717) is 11.7 Å². The second kappa shape index (κ2) is 4.12. The van der Waals surface area contributed by atoms with Gasteiger partial charge in [-0.05, 0) is 5.92 Å². The van der Waals surface area contributed by atoms with Gasteiger partial charge in [-0.2, -0.15) is 0 Å². The fourth-order valence-electron chi connectivity index (χ4n) is 1.22. The number of methoxy groups -OCH3 is 2. The average Bonchev–Trinajstić information content (AvgIpc) is 2.16. The molecule has 0 saturated heterocycles. The molecule has 0 aliphatic heterocycles. The van der Waals surface area contributed by atoms with Crippen LogP contribution in [0.25, 0.3) is 0 Å². The topological polar surface area (TPSA) is 31.4 Å². The SMILES string of the molecule is COc1cncc(C(C)C)c1OC. The van der Waals surface area contributed by atoms with Gasteiger partial charge in [-0.1, -0.05) is 13.8 Å². The van der Waals surface area contributed by atoms with Crippen molar-refractivity contribution in [2.45, 2.75) is 19.8 Å². The Morgan fingerprint density at radius 2 is 1.85 bits per heavy atom. The second-order valence-electron chi connectivity index (χ2n) is 3.12. The van der Waals surface area contributed by atoms with Crippen LogP contribution in [0.2, 0.25) is 0 Å². The standard InChI is InChI=1S/C10H15NO2/c1-7(2)8-5-11-6-9(12-3)10(8)13-4/h5-7H,1-4H3. The van der Waals surface area contributed by atoms with Crippen LogP contribution in [-0.4, -0.2) is 19.2 Å². The molecule has 1 rings (SSSR count). The fraction of sp³-hybridized carbons (Fsp3) is 0.500. The van der Waals surface area contributed by atoms with Crippen molar-refractivity contribution < 1.29 is 9.47 Å². The van der Waals surface area contributed by atoms with Crippen molar-refractivity contribution in [1.82, 2.24) is 4.98 Å². The molecule has 1 aromatic heterocycles. The van der Waals surface area contributed by atoms with E-state index in [1.807, 2.05) is 6.20 Å². The summed E-state index contributed by atoms with van der Waals surface area (Å²) in [5, 5.41) is 0. The molecule has 0 fully saturated rings. The van der Waals surface area contributed by atoms with Gasteiger partial charge in [0.2, 0.25) is 0 Å². The molecule has 0 unspecified atom stereocenters. The van der Waals surface area contributed by atoms with Crippen LogP contribution in [0.1, 0.15) is 25.3 Å². The number of nitrogens with zero attached hydrogens (tertiary/aromatic N) is 1. The summed E-state index contributed by atoms with van der Waals surface area (Å²) < 4.78 is 10.4. The molecule has 72 valence electrons. The summed E-state index contributed by atoms with van der Waals surface area (Å²) >= 11 is 0. The van der Waals surface area contributed by atoms with Crippen molar-refractivity contribution >= 4 is 0 Å². The molecule has 0 N–H and O–H groups in total. The maximum Gasteiger partial charge on any atom is 0.179 e. The third-order valence-corrected chi connectivity index (χ3v) is 1.94. The highest BCUT2D eigenvalue weighted by Crippen LogP contribution is 2.33. The molecule has 3 nitrogen and oxygen atoms in total. The van der Waals surface area contributed by atoms with Crippen molar-refractivity contribution in [2.24, 2.45) is 0 Å². The van der Waals surface area contributed by atoms with Crippen LogP contribution in [-0.2, 0) is 0 Å². The molecule has 0 spiro atoms. The summed E-state index contributed by atoms with van der Waals surface area (Å²) in [6.45, 7) is 4.19. The molecule has 1 aromatic rings. The highest BCUT2D eigenvalue weighted by molar-refractivity contribution is 5.45. The zero-order valence-corrected chi connectivity index (χ0v) is 8.50. The molecule has 0 radical (unpaired) electrons. The summed E-state index contributed by atoms with van der Waals surface area (Å²) in [5.41, 5.74) is 1.07. The van der Waals surface area contributed by atoms with E-state index >= 15 is 0 Å². The third-order valence-electron chi connectivity index (χ3n) is 1.94. The van der Waals surface area contributed by atoms with E-state index in [9.17, 15) is 0 Å². The first-order valence-electron chi connectivity index (χ1n) is 4.26. The Labute approximate surface area is 78.7 Å². The number of ether oxygens (including phenoxy) is 2. The first kappa shape index (κ1) is 9.84. The quantitative estimate of drug-likeness (QED) is 0.716. The summed E-state index contributed by atoms with van der Waals surface area (Å²) in [5.74, 6) is 1.86. The van der Waals surface area contributed by atoms with Gasteiger partial charge in [-0.15, -0.1) is 0 Å². The molecule has 13 heavy (non-hydrogen) atoms. The van der Waals surface area contributed by atoms with Crippen LogP contribution in [0.4, 0.5) is 0 Å². The van der Waals surface area contributed by atoms with E-state index in [2.05, 4.69) is 18.8 Å². The Bertz CT molecular complexity index is 284. The van der Waals surface area contributed by atoms with Crippen LogP contribution in [0.3, 0.4) is 0 Å². The highest BCUT2D eigenvalue weighted by atomic mass is 16.5. The monoisotopic (exact) mass is 181 g/mol. The minimum absolute atomic E-state index is 0.387. The summed E-state index contributed by atoms with van der Waals surface area (Å²) in [7, 11) is 3.26. The van der Waals surface area contributed by atoms with Crippen molar-refractivity contribution in [2.75, 3.05) is 14.2 Å². The minimum Gasteiger partial charge on any atom is -0.492 e. The maximum atomic E-state index is 5.26. The summed E-state index contributed by atoms with van der Waals surface area (Å²) in [6, 6.07) is 0. The van der Waals surface area contributed by atoms with Crippen molar-refractivity contribution in [3.8, 4) is 11.5 Å². The minimum atomic E-state index is 0.387. The van der Waals surface area contributed by atoms with Crippen LogP contribution in [0, 0.1) is 0 Å². The molecule has 0 amide bonds. The van der Waals surface area contributed by atoms with Gasteiger partial charge in [0.05, 0.1) is 20.4 Å². The Morgan fingerprint density at radius 1 is 1.15 bits per heavy atom. The number of pyridine rings is 1. The van der Waals surface area contributed by atoms with Crippen LogP contribution in [0.15, 0.2) is 12.4 Å². The first-order valence-corrected chi connectivity index (χ1v) is 4.26. The Hall–Kier alpha value is -1.25. The van der Waals surface area contributed by atoms with Crippen molar-refractivity contribution in [1.29, 1.82) is 0 Å². The van der Waals surface area contributed by atoms with Crippen LogP contribution < -0.4 is 9.47 Å². The summed E-state index contributed by atoms with van der Waals surface area (Å²) in [6.07, 6.45) is 3.47. The molecule has 3 heteroatoms. The lowest BCUT2D eigenvalue weighted by atomic mass is 10.0. The second-order valence-corrected chi connectivity index (χ2v) is 3.12. The zero-order chi connectivity index (χ0) is 9.84. The lowest BCUT2D eigenvalue weighted by Crippen LogP contribution is -1.98. The van der Waals surface area contributed by atoms with Gasteiger partial charge in [0.25, 0.3) is 0 Å². The van der Waals surface area contributed by atoms with E-state index in [4.69, 9.17) is 9.47 Å². The molecule has 0 aromatic carbocycles. The summed E-state index contributed by atoms with van der Waals surface area (Å²) in [4.78, 5) is 4.08. The van der Waals surface area contributed by atoms with E-state index in [-0.39, 0.29) is 0 Å². The predicted octanol–water partition coefficient (Wildman–Crippen LogP) is 2.22. The molecule has 1 heterocycles. The molecular weight excluding hydrogens is 166 g/mol. The molecule has 0 atom stereocenters. The Morgan fingerprint density at radius 3 is 2.31 bits per heavy atom. The van der Waals surface area contributed by atoms with Gasteiger partial charge in [-0.25, -0.2) is 0 Å². The molecule has 0 aliphatic rings. The van der Waals surface area contributed by atoms with Gasteiger partial charge in [-0.3, -0.25) is 4.98 Å². The van der Waals surface area contributed by atoms with Gasteiger partial charge in [0, 0.05) is 11.8 Å². The number of aromatic nitrogens is 1. The number of hydrogen-bond acceptors (Lipinski definition) is 3. The Balaban J connectivity index is 3.19. The molecule has 0 saturated carbocycles. The van der Waals surface area contributed by atoms with Gasteiger partial charge in [0.1, 0.15) is 0 Å². The lowest BCUT2D eigenvalue weighted by Gasteiger charge is -2.13. The first-order chi connectivity index (χ1) is 6.20. The van der Waals surface area contributed by atoms with E-state index < -0.39 is 0 Å². The molecule has 0 bridgehead atoms. The van der Waals surface area contributed by atoms with Crippen LogP contribution in [0.5, 0.6) is 11.5 Å². The van der Waals surface area contributed by atoms with Gasteiger partial charge < -0.3 is 9.47 Å². The largest absolute Gasteiger partial charge is 0.492 e. The molecular formula is C10H15NO2. The van der Waals surface area contributed by atoms with Gasteiger partial charge >= 0.3 is 0 Å². The Kier molecular flexibility index (Phi) is 3.12. The predicted molar refractivity (Wildman–Crippen MR) is 51.4 cm³/mol. The van der Waals surface area contributed by atoms with Crippen molar-refractivity contribution in [3.63, 3.8) is 0 Å². The fourth-order valence-corrected chi connectivity index (χ4v) is 1.22. The average molecular weight is 181 g/mol. The van der Waals surface area contributed by atoms with Crippen molar-refractivity contribution in [3.05, 3.63) is 18.0 Å². The normalized spacial score (nSPS) is 10.2. The van der Waals surface area contributed by atoms with E-state index in [0.717, 1.165) is 11.3 Å². The van der Waals surface area contributed by atoms with Crippen LogP contribution >= 0.6 is 0 Å². The van der Waals surface area contributed by atoms with Gasteiger partial charge in [0.15, 0.2) is 11.5 Å². The number of hydrogen-bond donors (Lipinski definition) is 0.